The molecule has 0 spiro atoms. The van der Waals surface area contributed by atoms with E-state index in [-0.39, 0.29) is 12.5 Å². The van der Waals surface area contributed by atoms with E-state index in [1.165, 1.54) is 321 Å². The largest absolute Gasteiger partial charge is 0.394 e. The van der Waals surface area contributed by atoms with Crippen molar-refractivity contribution in [3.05, 3.63) is 36.5 Å². The number of ether oxygens (including phenoxy) is 2. The highest BCUT2D eigenvalue weighted by molar-refractivity contribution is 5.76. The molecule has 1 fully saturated rings. The maximum Gasteiger partial charge on any atom is 0.220 e. The molecule has 1 amide bonds. The van der Waals surface area contributed by atoms with Gasteiger partial charge in [0, 0.05) is 6.42 Å². The third-order valence-electron chi connectivity index (χ3n) is 18.2. The molecule has 502 valence electrons. The lowest BCUT2D eigenvalue weighted by atomic mass is 9.99. The topological polar surface area (TPSA) is 149 Å². The van der Waals surface area contributed by atoms with Crippen molar-refractivity contribution in [2.75, 3.05) is 13.2 Å². The molecule has 7 unspecified atom stereocenters. The number of hydrogen-bond acceptors (Lipinski definition) is 8. The van der Waals surface area contributed by atoms with Crippen LogP contribution in [0.3, 0.4) is 0 Å². The second kappa shape index (κ2) is 65.4. The number of aliphatic hydroxyl groups excluding tert-OH is 5. The first-order valence-corrected chi connectivity index (χ1v) is 37.7. The lowest BCUT2D eigenvalue weighted by Crippen LogP contribution is -2.60. The van der Waals surface area contributed by atoms with Crippen molar-refractivity contribution in [1.29, 1.82) is 0 Å². The summed E-state index contributed by atoms with van der Waals surface area (Å²) in [6, 6.07) is -0.804. The number of nitrogens with one attached hydrogen (secondary N) is 1. The fraction of sp³-hybridized carbons (Fsp3) is 0.908. The zero-order chi connectivity index (χ0) is 61.4. The van der Waals surface area contributed by atoms with Crippen molar-refractivity contribution in [2.45, 2.75) is 429 Å². The molecule has 7 atom stereocenters. The molecule has 1 saturated heterocycles. The zero-order valence-corrected chi connectivity index (χ0v) is 56.4. The molecule has 1 aliphatic rings. The van der Waals surface area contributed by atoms with Crippen molar-refractivity contribution < 1.29 is 39.8 Å². The van der Waals surface area contributed by atoms with E-state index in [1.807, 2.05) is 6.08 Å². The van der Waals surface area contributed by atoms with Crippen molar-refractivity contribution in [3.8, 4) is 0 Å². The van der Waals surface area contributed by atoms with Gasteiger partial charge in [0.05, 0.1) is 25.4 Å². The van der Waals surface area contributed by atoms with E-state index in [1.54, 1.807) is 6.08 Å². The molecule has 1 rings (SSSR count). The molecule has 85 heavy (non-hydrogen) atoms. The van der Waals surface area contributed by atoms with E-state index in [4.69, 9.17) is 9.47 Å². The van der Waals surface area contributed by atoms with Gasteiger partial charge in [0.15, 0.2) is 6.29 Å². The van der Waals surface area contributed by atoms with Crippen LogP contribution in [0.5, 0.6) is 0 Å². The fourth-order valence-corrected chi connectivity index (χ4v) is 12.3. The Morgan fingerprint density at radius 2 is 0.694 bits per heavy atom. The quantitative estimate of drug-likeness (QED) is 0.0261. The highest BCUT2D eigenvalue weighted by atomic mass is 16.7. The van der Waals surface area contributed by atoms with Gasteiger partial charge in [0.1, 0.15) is 24.4 Å². The van der Waals surface area contributed by atoms with Crippen molar-refractivity contribution in [3.63, 3.8) is 0 Å². The van der Waals surface area contributed by atoms with Crippen LogP contribution >= 0.6 is 0 Å². The average Bonchev–Trinajstić information content (AvgIpc) is 3.57. The molecule has 0 aliphatic carbocycles. The van der Waals surface area contributed by atoms with Crippen LogP contribution in [0.4, 0.5) is 0 Å². The Bertz CT molecular complexity index is 1440. The van der Waals surface area contributed by atoms with E-state index in [2.05, 4.69) is 43.5 Å². The molecular formula is C76H145NO8. The van der Waals surface area contributed by atoms with Gasteiger partial charge in [-0.2, -0.15) is 0 Å². The number of allylic oxidation sites excluding steroid dienone is 5. The number of unbranched alkanes of at least 4 members (excludes halogenated alkanes) is 53. The summed E-state index contributed by atoms with van der Waals surface area (Å²) in [5.41, 5.74) is 0. The molecule has 0 aromatic rings. The second-order valence-corrected chi connectivity index (χ2v) is 26.4. The Labute approximate surface area is 527 Å². The molecule has 0 bridgehead atoms. The van der Waals surface area contributed by atoms with Gasteiger partial charge in [-0.3, -0.25) is 4.79 Å². The summed E-state index contributed by atoms with van der Waals surface area (Å²) in [5.74, 6) is -0.168. The van der Waals surface area contributed by atoms with E-state index in [9.17, 15) is 30.3 Å². The SMILES string of the molecule is CCCCCCC/C=C\C/C=C\CCCCCCCCCCCCCCCCCCCCCCCCCCCC(=O)NC(COC1OC(CO)C(O)C(O)C1O)C(O)/C=C/CCCCCCCCCCCCCCCCCCCCCCCCC. The number of hydrogen-bond donors (Lipinski definition) is 6. The lowest BCUT2D eigenvalue weighted by Gasteiger charge is -2.40. The Hall–Kier alpha value is -1.59. The standard InChI is InChI=1S/C76H145NO8/c1-3-5-7-9-11-13-15-17-19-21-23-25-27-29-30-31-32-33-34-35-36-37-38-39-40-42-44-46-48-50-52-54-56-58-60-62-64-66-72(80)77-69(68-84-76-75(83)74(82)73(81)71(67-78)85-76)70(79)65-63-61-59-57-55-53-51-49-47-45-43-41-28-26-24-22-20-18-16-14-12-10-8-6-4-2/h15,17,21,23,63,65,69-71,73-76,78-79,81-83H,3-14,16,18-20,22,24-62,64,66-68H2,1-2H3,(H,77,80)/b17-15-,23-21-,65-63+. The average molecular weight is 1200 g/mol. The minimum absolute atomic E-state index is 0.168. The van der Waals surface area contributed by atoms with Crippen LogP contribution in [0.2, 0.25) is 0 Å². The van der Waals surface area contributed by atoms with E-state index in [0.29, 0.717) is 6.42 Å². The van der Waals surface area contributed by atoms with Crippen molar-refractivity contribution in [1.82, 2.24) is 5.32 Å². The summed E-state index contributed by atoms with van der Waals surface area (Å²) in [6.07, 6.45) is 81.3. The molecule has 9 nitrogen and oxygen atoms in total. The Kier molecular flexibility index (Phi) is 62.6. The Balaban J connectivity index is 2.07. The van der Waals surface area contributed by atoms with Gasteiger partial charge in [-0.25, -0.2) is 0 Å². The first kappa shape index (κ1) is 81.4. The predicted octanol–water partition coefficient (Wildman–Crippen LogP) is 21.0. The molecule has 0 radical (unpaired) electrons. The van der Waals surface area contributed by atoms with Gasteiger partial charge in [-0.1, -0.05) is 365 Å². The monoisotopic (exact) mass is 1200 g/mol. The molecule has 0 aromatic carbocycles. The van der Waals surface area contributed by atoms with Crippen molar-refractivity contribution >= 4 is 5.91 Å². The van der Waals surface area contributed by atoms with Crippen LogP contribution in [0.1, 0.15) is 386 Å². The smallest absolute Gasteiger partial charge is 0.220 e. The molecule has 1 heterocycles. The normalized spacial score (nSPS) is 18.2. The lowest BCUT2D eigenvalue weighted by molar-refractivity contribution is -0.302. The van der Waals surface area contributed by atoms with E-state index >= 15 is 0 Å². The van der Waals surface area contributed by atoms with Crippen LogP contribution < -0.4 is 5.32 Å². The number of rotatable bonds is 67. The summed E-state index contributed by atoms with van der Waals surface area (Å²) in [7, 11) is 0. The van der Waals surface area contributed by atoms with Gasteiger partial charge < -0.3 is 40.3 Å². The fourth-order valence-electron chi connectivity index (χ4n) is 12.3. The minimum Gasteiger partial charge on any atom is -0.394 e. The van der Waals surface area contributed by atoms with Crippen LogP contribution in [0.15, 0.2) is 36.5 Å². The Morgan fingerprint density at radius 3 is 1.01 bits per heavy atom. The maximum atomic E-state index is 13.1. The summed E-state index contributed by atoms with van der Waals surface area (Å²) in [4.78, 5) is 13.1. The third kappa shape index (κ3) is 53.9. The van der Waals surface area contributed by atoms with Crippen LogP contribution in [-0.4, -0.2) is 87.5 Å². The van der Waals surface area contributed by atoms with E-state index < -0.39 is 49.5 Å². The van der Waals surface area contributed by atoms with Gasteiger partial charge in [-0.05, 0) is 51.4 Å². The van der Waals surface area contributed by atoms with Crippen LogP contribution in [0.25, 0.3) is 0 Å². The molecule has 0 saturated carbocycles. The van der Waals surface area contributed by atoms with E-state index in [0.717, 1.165) is 44.9 Å². The first-order chi connectivity index (χ1) is 41.8. The Morgan fingerprint density at radius 1 is 0.400 bits per heavy atom. The third-order valence-corrected chi connectivity index (χ3v) is 18.2. The number of amides is 1. The first-order valence-electron chi connectivity index (χ1n) is 37.7. The zero-order valence-electron chi connectivity index (χ0n) is 56.4. The van der Waals surface area contributed by atoms with Gasteiger partial charge in [-0.15, -0.1) is 0 Å². The predicted molar refractivity (Wildman–Crippen MR) is 364 cm³/mol. The number of carbonyl (C=O) groups excluding carboxylic acids is 1. The molecule has 6 N–H and O–H groups in total. The van der Waals surface area contributed by atoms with Gasteiger partial charge in [0.2, 0.25) is 5.91 Å². The summed E-state index contributed by atoms with van der Waals surface area (Å²) >= 11 is 0. The van der Waals surface area contributed by atoms with Crippen LogP contribution in [-0.2, 0) is 14.3 Å². The number of aliphatic hydroxyl groups is 5. The summed E-state index contributed by atoms with van der Waals surface area (Å²) in [5, 5.41) is 54.8. The highest BCUT2D eigenvalue weighted by Crippen LogP contribution is 2.24. The number of carbonyl (C=O) groups is 1. The molecule has 1 aliphatic heterocycles. The molecule has 0 aromatic heterocycles. The maximum absolute atomic E-state index is 13.1. The summed E-state index contributed by atoms with van der Waals surface area (Å²) in [6.45, 7) is 3.83. The van der Waals surface area contributed by atoms with Gasteiger partial charge >= 0.3 is 0 Å². The van der Waals surface area contributed by atoms with Crippen molar-refractivity contribution in [2.24, 2.45) is 0 Å². The minimum atomic E-state index is -1.57. The summed E-state index contributed by atoms with van der Waals surface area (Å²) < 4.78 is 11.3. The van der Waals surface area contributed by atoms with Crippen LogP contribution in [0, 0.1) is 0 Å². The molecule has 9 heteroatoms. The second-order valence-electron chi connectivity index (χ2n) is 26.4. The van der Waals surface area contributed by atoms with Gasteiger partial charge in [0.25, 0.3) is 0 Å². The highest BCUT2D eigenvalue weighted by Gasteiger charge is 2.44. The molecular weight excluding hydrogens is 1050 g/mol.